The molecule has 0 aliphatic heterocycles. The van der Waals surface area contributed by atoms with Crippen LogP contribution in [-0.2, 0) is 49.7 Å². The number of carbonyl (C=O) groups is 5. The van der Waals surface area contributed by atoms with Crippen LogP contribution in [0.1, 0.15) is 179 Å². The van der Waals surface area contributed by atoms with E-state index >= 15 is 0 Å². The van der Waals surface area contributed by atoms with E-state index in [2.05, 4.69) is 21.3 Å². The second-order valence-corrected chi connectivity index (χ2v) is 22.5. The van der Waals surface area contributed by atoms with Gasteiger partial charge in [0, 0.05) is 122 Å². The summed E-state index contributed by atoms with van der Waals surface area (Å²) in [6.45, 7) is 26.5. The highest BCUT2D eigenvalue weighted by Gasteiger charge is 2.29. The molecule has 4 aromatic carbocycles. The molecule has 402 valence electrons. The van der Waals surface area contributed by atoms with Crippen molar-refractivity contribution in [3.8, 4) is 23.0 Å². The van der Waals surface area contributed by atoms with Crippen molar-refractivity contribution in [2.24, 2.45) is 16.2 Å². The van der Waals surface area contributed by atoms with Gasteiger partial charge in [-0.2, -0.15) is 0 Å². The molecule has 4 aromatic rings. The standard InChI is InChI=1S/C60H82N4O10/c1-14-21-71-51-37-25-39-31-46(62-55(68)58(5,6)7)33-41(52(39)72-22-15-2)27-43-35-48(64-57(70)60(11,12)13)36-44(54(43)74-24-17-4)28-42-34-47(63-56(69)59(8,9)10)32-40(53(42)73-23-16-3)26-38(51)30-45(29-37)61-49(65)19-18-20-50(66)67/h29-36H,14-28H2,1-13H3,(H,61,65)(H,62,68)(H,63,69)(H,64,70)(H,66,67). The zero-order valence-electron chi connectivity index (χ0n) is 46.3. The maximum atomic E-state index is 13.8. The molecule has 1 aliphatic rings. The van der Waals surface area contributed by atoms with E-state index in [1.807, 2.05) is 139 Å². The van der Waals surface area contributed by atoms with Gasteiger partial charge in [-0.3, -0.25) is 24.0 Å². The predicted molar refractivity (Wildman–Crippen MR) is 295 cm³/mol. The first-order valence-corrected chi connectivity index (χ1v) is 26.4. The minimum Gasteiger partial charge on any atom is -0.493 e. The molecule has 0 saturated heterocycles. The largest absolute Gasteiger partial charge is 0.493 e. The summed E-state index contributed by atoms with van der Waals surface area (Å²) >= 11 is 0. The average Bonchev–Trinajstić information content (AvgIpc) is 3.29. The average molecular weight is 1020 g/mol. The fraction of sp³-hybridized carbons (Fsp3) is 0.517. The predicted octanol–water partition coefficient (Wildman–Crippen LogP) is 12.7. The Hall–Kier alpha value is -6.57. The Morgan fingerprint density at radius 2 is 0.635 bits per heavy atom. The normalized spacial score (nSPS) is 12.6. The third-order valence-corrected chi connectivity index (χ3v) is 12.2. The van der Waals surface area contributed by atoms with E-state index < -0.39 is 22.2 Å². The molecule has 1 aliphatic carbocycles. The van der Waals surface area contributed by atoms with E-state index in [4.69, 9.17) is 18.9 Å². The van der Waals surface area contributed by atoms with Gasteiger partial charge in [0.25, 0.3) is 0 Å². The van der Waals surface area contributed by atoms with Gasteiger partial charge in [-0.25, -0.2) is 0 Å². The van der Waals surface area contributed by atoms with Crippen molar-refractivity contribution in [1.29, 1.82) is 0 Å². The third kappa shape index (κ3) is 16.2. The molecule has 0 unspecified atom stereocenters. The van der Waals surface area contributed by atoms with Crippen molar-refractivity contribution in [3.63, 3.8) is 0 Å². The summed E-state index contributed by atoms with van der Waals surface area (Å²) in [6, 6.07) is 15.5. The third-order valence-electron chi connectivity index (χ3n) is 12.2. The number of anilines is 4. The van der Waals surface area contributed by atoms with Crippen LogP contribution < -0.4 is 40.2 Å². The van der Waals surface area contributed by atoms with Gasteiger partial charge in [0.1, 0.15) is 23.0 Å². The number of aliphatic carboxylic acids is 1. The molecular formula is C60H82N4O10. The second kappa shape index (κ2) is 25.6. The number of carboxylic acids is 1. The number of carbonyl (C=O) groups excluding carboxylic acids is 4. The van der Waals surface area contributed by atoms with Gasteiger partial charge in [-0.15, -0.1) is 0 Å². The number of fused-ring (bicyclic) bond motifs is 8. The number of carboxylic acid groups (broad SMARTS) is 1. The number of hydrogen-bond donors (Lipinski definition) is 5. The summed E-state index contributed by atoms with van der Waals surface area (Å²) in [5, 5.41) is 22.0. The number of ether oxygens (including phenoxy) is 4. The smallest absolute Gasteiger partial charge is 0.303 e. The maximum Gasteiger partial charge on any atom is 0.303 e. The Morgan fingerprint density at radius 1 is 0.405 bits per heavy atom. The Morgan fingerprint density at radius 3 is 0.838 bits per heavy atom. The lowest BCUT2D eigenvalue weighted by Crippen LogP contribution is -2.28. The van der Waals surface area contributed by atoms with E-state index in [9.17, 15) is 29.1 Å². The van der Waals surface area contributed by atoms with Gasteiger partial charge in [-0.05, 0) is 80.6 Å². The molecule has 0 radical (unpaired) electrons. The highest BCUT2D eigenvalue weighted by molar-refractivity contribution is 5.97. The first-order valence-electron chi connectivity index (χ1n) is 26.4. The first kappa shape index (κ1) is 58.3. The lowest BCUT2D eigenvalue weighted by atomic mass is 9.89. The minimum atomic E-state index is -0.980. The molecule has 14 nitrogen and oxygen atoms in total. The zero-order chi connectivity index (χ0) is 54.5. The van der Waals surface area contributed by atoms with Crippen LogP contribution in [0.4, 0.5) is 22.7 Å². The molecule has 5 N–H and O–H groups in total. The molecule has 5 rings (SSSR count). The van der Waals surface area contributed by atoms with Crippen LogP contribution in [0.15, 0.2) is 48.5 Å². The zero-order valence-corrected chi connectivity index (χ0v) is 46.3. The monoisotopic (exact) mass is 1020 g/mol. The Balaban J connectivity index is 1.98. The first-order chi connectivity index (χ1) is 34.8. The lowest BCUT2D eigenvalue weighted by Gasteiger charge is -2.26. The highest BCUT2D eigenvalue weighted by Crippen LogP contribution is 2.43. The summed E-state index contributed by atoms with van der Waals surface area (Å²) < 4.78 is 27.2. The van der Waals surface area contributed by atoms with Gasteiger partial charge in [-0.1, -0.05) is 90.0 Å². The topological polar surface area (TPSA) is 191 Å². The van der Waals surface area contributed by atoms with E-state index in [1.54, 1.807) is 0 Å². The van der Waals surface area contributed by atoms with Gasteiger partial charge in [0.2, 0.25) is 23.6 Å². The van der Waals surface area contributed by atoms with Crippen LogP contribution >= 0.6 is 0 Å². The number of nitrogens with one attached hydrogen (secondary N) is 4. The Bertz CT molecular complexity index is 2530. The molecule has 4 amide bonds. The molecule has 0 fully saturated rings. The van der Waals surface area contributed by atoms with Gasteiger partial charge >= 0.3 is 5.97 Å². The van der Waals surface area contributed by atoms with Crippen molar-refractivity contribution in [2.75, 3.05) is 47.7 Å². The SMILES string of the molecule is CCCOc1c2cc(NC(=O)CCCC(=O)O)cc1Cc1cc(NC(=O)C(C)(C)C)cc(c1OCCC)Cc1cc(NC(=O)C(C)(C)C)cc(c1OCCC)Cc1cc(NC(=O)C(C)(C)C)cc(c1OCCC)C2. The molecule has 0 aromatic heterocycles. The van der Waals surface area contributed by atoms with Crippen LogP contribution in [0.2, 0.25) is 0 Å². The van der Waals surface area contributed by atoms with E-state index in [0.29, 0.717) is 91.4 Å². The molecular weight excluding hydrogens is 937 g/mol. The summed E-state index contributed by atoms with van der Waals surface area (Å²) in [5.74, 6) is 0.625. The van der Waals surface area contributed by atoms with Crippen LogP contribution in [0.25, 0.3) is 0 Å². The molecule has 0 spiro atoms. The van der Waals surface area contributed by atoms with Crippen LogP contribution in [-0.4, -0.2) is 61.1 Å². The Kier molecular flexibility index (Phi) is 20.2. The van der Waals surface area contributed by atoms with Gasteiger partial charge < -0.3 is 45.3 Å². The maximum absolute atomic E-state index is 13.8. The van der Waals surface area contributed by atoms with Crippen LogP contribution in [0.3, 0.4) is 0 Å². The van der Waals surface area contributed by atoms with Crippen molar-refractivity contribution in [3.05, 3.63) is 93.0 Å². The van der Waals surface area contributed by atoms with Crippen LogP contribution in [0.5, 0.6) is 23.0 Å². The summed E-state index contributed by atoms with van der Waals surface area (Å²) in [6.07, 6.45) is 3.85. The summed E-state index contributed by atoms with van der Waals surface area (Å²) in [5.41, 5.74) is 6.05. The number of amides is 4. The minimum absolute atomic E-state index is 0.00146. The molecule has 74 heavy (non-hydrogen) atoms. The van der Waals surface area contributed by atoms with E-state index in [0.717, 1.165) is 50.9 Å². The Labute approximate surface area is 439 Å². The fourth-order valence-electron chi connectivity index (χ4n) is 8.32. The summed E-state index contributed by atoms with van der Waals surface area (Å²) in [7, 11) is 0. The highest BCUT2D eigenvalue weighted by atomic mass is 16.5. The van der Waals surface area contributed by atoms with Crippen molar-refractivity contribution in [1.82, 2.24) is 0 Å². The molecule has 0 heterocycles. The van der Waals surface area contributed by atoms with Crippen molar-refractivity contribution < 1.29 is 48.0 Å². The fourth-order valence-corrected chi connectivity index (χ4v) is 8.32. The van der Waals surface area contributed by atoms with Gasteiger partial charge in [0.05, 0.1) is 26.4 Å². The van der Waals surface area contributed by atoms with Crippen molar-refractivity contribution in [2.45, 2.75) is 161 Å². The molecule has 0 atom stereocenters. The number of rotatable bonds is 20. The van der Waals surface area contributed by atoms with Crippen molar-refractivity contribution >= 4 is 52.3 Å². The number of benzene rings is 4. The van der Waals surface area contributed by atoms with E-state index in [1.165, 1.54) is 0 Å². The summed E-state index contributed by atoms with van der Waals surface area (Å²) in [4.78, 5) is 66.6. The van der Waals surface area contributed by atoms with Gasteiger partial charge in [0.15, 0.2) is 0 Å². The van der Waals surface area contributed by atoms with Crippen LogP contribution in [0, 0.1) is 16.2 Å². The quantitative estimate of drug-likeness (QED) is 0.0501. The number of hydrogen-bond acceptors (Lipinski definition) is 9. The second-order valence-electron chi connectivity index (χ2n) is 22.5. The van der Waals surface area contributed by atoms with E-state index in [-0.39, 0.29) is 68.6 Å². The molecule has 0 saturated carbocycles. The lowest BCUT2D eigenvalue weighted by molar-refractivity contribution is -0.137. The molecule has 8 bridgehead atoms. The molecule has 14 heteroatoms.